The van der Waals surface area contributed by atoms with Gasteiger partial charge in [0.05, 0.1) is 22.5 Å². The third-order valence-corrected chi connectivity index (χ3v) is 3.89. The molecule has 0 radical (unpaired) electrons. The summed E-state index contributed by atoms with van der Waals surface area (Å²) in [6.07, 6.45) is -4.53. The number of amides is 1. The van der Waals surface area contributed by atoms with Crippen LogP contribution < -0.4 is 10.2 Å². The van der Waals surface area contributed by atoms with Crippen molar-refractivity contribution in [1.29, 1.82) is 0 Å². The van der Waals surface area contributed by atoms with Crippen molar-refractivity contribution in [3.8, 4) is 0 Å². The Morgan fingerprint density at radius 2 is 1.79 bits per heavy atom. The zero-order valence-corrected chi connectivity index (χ0v) is 14.3. The van der Waals surface area contributed by atoms with Gasteiger partial charge in [-0.1, -0.05) is 0 Å². The second-order valence-electron chi connectivity index (χ2n) is 5.20. The van der Waals surface area contributed by atoms with E-state index in [2.05, 4.69) is 21.2 Å². The predicted molar refractivity (Wildman–Crippen MR) is 87.8 cm³/mol. The second kappa shape index (κ2) is 6.80. The molecular weight excluding hydrogens is 392 g/mol. The van der Waals surface area contributed by atoms with Crippen molar-refractivity contribution in [2.24, 2.45) is 0 Å². The summed E-state index contributed by atoms with van der Waals surface area (Å²) >= 11 is 3.06. The van der Waals surface area contributed by atoms with Crippen molar-refractivity contribution in [2.75, 3.05) is 24.3 Å². The summed E-state index contributed by atoms with van der Waals surface area (Å²) in [4.78, 5) is 13.9. The lowest BCUT2D eigenvalue weighted by Crippen LogP contribution is -2.18. The van der Waals surface area contributed by atoms with Gasteiger partial charge in [-0.15, -0.1) is 0 Å². The first kappa shape index (κ1) is 18.3. The average molecular weight is 405 g/mol. The van der Waals surface area contributed by atoms with Crippen LogP contribution in [0.4, 0.5) is 28.9 Å². The zero-order valence-electron chi connectivity index (χ0n) is 12.7. The molecule has 128 valence electrons. The Bertz CT molecular complexity index is 775. The van der Waals surface area contributed by atoms with Gasteiger partial charge < -0.3 is 10.2 Å². The molecule has 0 aliphatic carbocycles. The van der Waals surface area contributed by atoms with Crippen LogP contribution in [0.25, 0.3) is 0 Å². The molecule has 0 spiro atoms. The third kappa shape index (κ3) is 4.05. The molecular formula is C16H13BrF4N2O. The van der Waals surface area contributed by atoms with E-state index < -0.39 is 23.5 Å². The lowest BCUT2D eigenvalue weighted by Gasteiger charge is -2.20. The highest BCUT2D eigenvalue weighted by atomic mass is 79.9. The largest absolute Gasteiger partial charge is 0.416 e. The van der Waals surface area contributed by atoms with E-state index in [1.165, 1.54) is 12.1 Å². The Morgan fingerprint density at radius 3 is 2.33 bits per heavy atom. The van der Waals surface area contributed by atoms with E-state index in [4.69, 9.17) is 0 Å². The number of hydrogen-bond donors (Lipinski definition) is 1. The third-order valence-electron chi connectivity index (χ3n) is 3.23. The summed E-state index contributed by atoms with van der Waals surface area (Å²) in [5, 5.41) is 2.45. The standard InChI is InChI=1S/C16H13BrF4N2O/c1-23(2)14-6-3-9(16(19,20)21)7-13(14)22-15(24)11-5-4-10(18)8-12(11)17/h3-8H,1-2H3,(H,22,24). The molecule has 1 amide bonds. The molecule has 0 aliphatic heterocycles. The van der Waals surface area contributed by atoms with Crippen LogP contribution in [0.3, 0.4) is 0 Å². The molecule has 8 heteroatoms. The van der Waals surface area contributed by atoms with Crippen LogP contribution in [0.15, 0.2) is 40.9 Å². The number of anilines is 2. The van der Waals surface area contributed by atoms with E-state index in [9.17, 15) is 22.4 Å². The average Bonchev–Trinajstić information content (AvgIpc) is 2.45. The first-order valence-electron chi connectivity index (χ1n) is 6.74. The number of carbonyl (C=O) groups is 1. The number of benzene rings is 2. The quantitative estimate of drug-likeness (QED) is 0.735. The molecule has 2 aromatic rings. The van der Waals surface area contributed by atoms with Gasteiger partial charge in [-0.05, 0) is 52.3 Å². The number of rotatable bonds is 3. The molecule has 0 fully saturated rings. The topological polar surface area (TPSA) is 32.3 Å². The molecule has 0 saturated carbocycles. The monoisotopic (exact) mass is 404 g/mol. The molecule has 0 bridgehead atoms. The Kier molecular flexibility index (Phi) is 5.17. The minimum absolute atomic E-state index is 0.0102. The maximum Gasteiger partial charge on any atom is 0.416 e. The zero-order chi connectivity index (χ0) is 18.1. The molecule has 2 aromatic carbocycles. The molecule has 1 N–H and O–H groups in total. The van der Waals surface area contributed by atoms with E-state index >= 15 is 0 Å². The Morgan fingerprint density at radius 1 is 1.12 bits per heavy atom. The van der Waals surface area contributed by atoms with Crippen LogP contribution >= 0.6 is 15.9 Å². The number of hydrogen-bond acceptors (Lipinski definition) is 2. The number of nitrogens with zero attached hydrogens (tertiary/aromatic N) is 1. The fourth-order valence-corrected chi connectivity index (χ4v) is 2.60. The molecule has 0 atom stereocenters. The van der Waals surface area contributed by atoms with Crippen LogP contribution in [0.2, 0.25) is 0 Å². The molecule has 2 rings (SSSR count). The minimum Gasteiger partial charge on any atom is -0.376 e. The number of alkyl halides is 3. The van der Waals surface area contributed by atoms with E-state index in [-0.39, 0.29) is 15.7 Å². The maximum atomic E-state index is 13.1. The van der Waals surface area contributed by atoms with Crippen LogP contribution in [0.1, 0.15) is 15.9 Å². The molecule has 0 aromatic heterocycles. The van der Waals surface area contributed by atoms with Crippen molar-refractivity contribution < 1.29 is 22.4 Å². The smallest absolute Gasteiger partial charge is 0.376 e. The highest BCUT2D eigenvalue weighted by Gasteiger charge is 2.31. The SMILES string of the molecule is CN(C)c1ccc(C(F)(F)F)cc1NC(=O)c1ccc(F)cc1Br. The molecule has 0 aliphatic rings. The summed E-state index contributed by atoms with van der Waals surface area (Å²) in [5.74, 6) is -1.18. The molecule has 0 heterocycles. The van der Waals surface area contributed by atoms with E-state index in [0.717, 1.165) is 24.3 Å². The van der Waals surface area contributed by atoms with Crippen molar-refractivity contribution >= 4 is 33.2 Å². The van der Waals surface area contributed by atoms with Gasteiger partial charge in [-0.3, -0.25) is 4.79 Å². The van der Waals surface area contributed by atoms with Gasteiger partial charge in [0.25, 0.3) is 5.91 Å². The van der Waals surface area contributed by atoms with Crippen molar-refractivity contribution in [1.82, 2.24) is 0 Å². The second-order valence-corrected chi connectivity index (χ2v) is 6.06. The van der Waals surface area contributed by atoms with E-state index in [1.807, 2.05) is 0 Å². The number of nitrogens with one attached hydrogen (secondary N) is 1. The van der Waals surface area contributed by atoms with Crippen molar-refractivity contribution in [2.45, 2.75) is 6.18 Å². The van der Waals surface area contributed by atoms with Gasteiger partial charge in [-0.2, -0.15) is 13.2 Å². The fourth-order valence-electron chi connectivity index (χ4n) is 2.07. The van der Waals surface area contributed by atoms with Crippen LogP contribution in [0, 0.1) is 5.82 Å². The van der Waals surface area contributed by atoms with Gasteiger partial charge in [0.15, 0.2) is 0 Å². The summed E-state index contributed by atoms with van der Waals surface area (Å²) in [6, 6.07) is 6.53. The summed E-state index contributed by atoms with van der Waals surface area (Å²) in [5.41, 5.74) is -0.342. The summed E-state index contributed by atoms with van der Waals surface area (Å²) in [6.45, 7) is 0. The maximum absolute atomic E-state index is 13.1. The Balaban J connectivity index is 2.41. The summed E-state index contributed by atoms with van der Waals surface area (Å²) in [7, 11) is 3.29. The van der Waals surface area contributed by atoms with Crippen LogP contribution in [-0.2, 0) is 6.18 Å². The van der Waals surface area contributed by atoms with E-state index in [0.29, 0.717) is 5.69 Å². The van der Waals surface area contributed by atoms with Gasteiger partial charge in [-0.25, -0.2) is 4.39 Å². The van der Waals surface area contributed by atoms with Crippen LogP contribution in [-0.4, -0.2) is 20.0 Å². The van der Waals surface area contributed by atoms with Gasteiger partial charge >= 0.3 is 6.18 Å². The minimum atomic E-state index is -4.53. The first-order chi connectivity index (χ1) is 11.1. The molecule has 0 saturated heterocycles. The first-order valence-corrected chi connectivity index (χ1v) is 7.54. The fraction of sp³-hybridized carbons (Fsp3) is 0.188. The van der Waals surface area contributed by atoms with E-state index in [1.54, 1.807) is 19.0 Å². The number of carbonyl (C=O) groups excluding carboxylic acids is 1. The Labute approximate surface area is 144 Å². The molecule has 3 nitrogen and oxygen atoms in total. The Hall–Kier alpha value is -2.09. The van der Waals surface area contributed by atoms with Gasteiger partial charge in [0.2, 0.25) is 0 Å². The van der Waals surface area contributed by atoms with Crippen molar-refractivity contribution in [3.05, 3.63) is 57.8 Å². The molecule has 24 heavy (non-hydrogen) atoms. The van der Waals surface area contributed by atoms with Gasteiger partial charge in [0, 0.05) is 18.6 Å². The predicted octanol–water partition coefficient (Wildman–Crippen LogP) is 4.93. The normalized spacial score (nSPS) is 11.3. The lowest BCUT2D eigenvalue weighted by molar-refractivity contribution is -0.137. The van der Waals surface area contributed by atoms with Gasteiger partial charge in [0.1, 0.15) is 5.82 Å². The number of halogens is 5. The molecule has 0 unspecified atom stereocenters. The van der Waals surface area contributed by atoms with Crippen LogP contribution in [0.5, 0.6) is 0 Å². The van der Waals surface area contributed by atoms with Crippen molar-refractivity contribution in [3.63, 3.8) is 0 Å². The highest BCUT2D eigenvalue weighted by molar-refractivity contribution is 9.10. The highest BCUT2D eigenvalue weighted by Crippen LogP contribution is 2.35. The lowest BCUT2D eigenvalue weighted by atomic mass is 10.1. The summed E-state index contributed by atoms with van der Waals surface area (Å²) < 4.78 is 52.0.